The van der Waals surface area contributed by atoms with E-state index in [0.717, 1.165) is 12.8 Å². The standard InChI is InChI=1S/C16H26N2O5S/c1-3-5-9-17-15-8-7-13(12-14(15)16(19)20)24(21,22)18-10-6-11-23-4-2/h7-8,12,17-18H,3-6,9-11H2,1-2H3,(H,19,20). The summed E-state index contributed by atoms with van der Waals surface area (Å²) in [5.41, 5.74) is 0.370. The third-order valence-corrected chi connectivity index (χ3v) is 4.80. The van der Waals surface area contributed by atoms with Gasteiger partial charge in [-0.1, -0.05) is 13.3 Å². The number of nitrogens with one attached hydrogen (secondary N) is 2. The first kappa shape index (κ1) is 20.4. The molecular formula is C16H26N2O5S. The summed E-state index contributed by atoms with van der Waals surface area (Å²) in [5, 5.41) is 12.3. The summed E-state index contributed by atoms with van der Waals surface area (Å²) < 4.78 is 32.1. The summed E-state index contributed by atoms with van der Waals surface area (Å²) >= 11 is 0. The maximum absolute atomic E-state index is 12.2. The van der Waals surface area contributed by atoms with Gasteiger partial charge < -0.3 is 15.2 Å². The van der Waals surface area contributed by atoms with Crippen LogP contribution in [0.4, 0.5) is 5.69 Å². The van der Waals surface area contributed by atoms with E-state index in [0.29, 0.717) is 31.9 Å². The highest BCUT2D eigenvalue weighted by Crippen LogP contribution is 2.21. The zero-order chi connectivity index (χ0) is 18.0. The number of aromatic carboxylic acids is 1. The molecule has 0 saturated heterocycles. The fourth-order valence-corrected chi connectivity index (χ4v) is 3.13. The van der Waals surface area contributed by atoms with Crippen molar-refractivity contribution in [1.29, 1.82) is 0 Å². The van der Waals surface area contributed by atoms with E-state index in [1.54, 1.807) is 0 Å². The van der Waals surface area contributed by atoms with Crippen molar-refractivity contribution in [2.24, 2.45) is 0 Å². The van der Waals surface area contributed by atoms with Crippen LogP contribution in [0, 0.1) is 0 Å². The number of rotatable bonds is 12. The number of carbonyl (C=O) groups is 1. The second-order valence-corrected chi connectivity index (χ2v) is 7.01. The molecule has 0 heterocycles. The van der Waals surface area contributed by atoms with Gasteiger partial charge in [0.05, 0.1) is 10.5 Å². The van der Waals surface area contributed by atoms with Crippen LogP contribution >= 0.6 is 0 Å². The molecule has 7 nitrogen and oxygen atoms in total. The van der Waals surface area contributed by atoms with Crippen LogP contribution in [0.2, 0.25) is 0 Å². The summed E-state index contributed by atoms with van der Waals surface area (Å²) in [6.07, 6.45) is 2.43. The molecule has 1 rings (SSSR count). The zero-order valence-electron chi connectivity index (χ0n) is 14.2. The van der Waals surface area contributed by atoms with Crippen LogP contribution in [0.5, 0.6) is 0 Å². The fraction of sp³-hybridized carbons (Fsp3) is 0.562. The minimum atomic E-state index is -3.74. The molecule has 0 aliphatic heterocycles. The first-order chi connectivity index (χ1) is 11.4. The van der Waals surface area contributed by atoms with E-state index in [9.17, 15) is 18.3 Å². The lowest BCUT2D eigenvalue weighted by Gasteiger charge is -2.12. The molecule has 1 aromatic carbocycles. The van der Waals surface area contributed by atoms with Gasteiger partial charge in [-0.05, 0) is 38.0 Å². The van der Waals surface area contributed by atoms with Gasteiger partial charge in [0, 0.05) is 32.0 Å². The molecule has 8 heteroatoms. The summed E-state index contributed by atoms with van der Waals surface area (Å²) in [6, 6.07) is 4.08. The maximum Gasteiger partial charge on any atom is 0.337 e. The van der Waals surface area contributed by atoms with Crippen LogP contribution in [0.25, 0.3) is 0 Å². The summed E-state index contributed by atoms with van der Waals surface area (Å²) in [6.45, 7) is 5.83. The van der Waals surface area contributed by atoms with E-state index in [1.807, 2.05) is 13.8 Å². The lowest BCUT2D eigenvalue weighted by Crippen LogP contribution is -2.26. The number of hydrogen-bond acceptors (Lipinski definition) is 5. The predicted molar refractivity (Wildman–Crippen MR) is 93.1 cm³/mol. The van der Waals surface area contributed by atoms with Crippen molar-refractivity contribution in [3.63, 3.8) is 0 Å². The van der Waals surface area contributed by atoms with Gasteiger partial charge >= 0.3 is 5.97 Å². The van der Waals surface area contributed by atoms with Crippen LogP contribution in [0.1, 0.15) is 43.5 Å². The summed E-state index contributed by atoms with van der Waals surface area (Å²) in [7, 11) is -3.74. The molecule has 0 fully saturated rings. The Morgan fingerprint density at radius 3 is 2.58 bits per heavy atom. The number of carboxylic acid groups (broad SMARTS) is 1. The van der Waals surface area contributed by atoms with E-state index >= 15 is 0 Å². The average Bonchev–Trinajstić information content (AvgIpc) is 2.54. The lowest BCUT2D eigenvalue weighted by molar-refractivity contribution is 0.0697. The molecule has 0 bridgehead atoms. The van der Waals surface area contributed by atoms with Crippen molar-refractivity contribution in [2.75, 3.05) is 31.6 Å². The molecular weight excluding hydrogens is 332 g/mol. The van der Waals surface area contributed by atoms with Gasteiger partial charge in [-0.15, -0.1) is 0 Å². The van der Waals surface area contributed by atoms with Gasteiger partial charge in [-0.2, -0.15) is 0 Å². The molecule has 0 saturated carbocycles. The van der Waals surface area contributed by atoms with E-state index in [4.69, 9.17) is 4.74 Å². The number of unbranched alkanes of at least 4 members (excludes halogenated alkanes) is 1. The van der Waals surface area contributed by atoms with Gasteiger partial charge in [0.15, 0.2) is 0 Å². The third kappa shape index (κ3) is 6.46. The highest BCUT2D eigenvalue weighted by Gasteiger charge is 2.18. The summed E-state index contributed by atoms with van der Waals surface area (Å²) in [4.78, 5) is 11.3. The number of sulfonamides is 1. The van der Waals surface area contributed by atoms with Gasteiger partial charge in [-0.3, -0.25) is 0 Å². The fourth-order valence-electron chi connectivity index (χ4n) is 2.03. The van der Waals surface area contributed by atoms with Gasteiger partial charge in [0.25, 0.3) is 0 Å². The quantitative estimate of drug-likeness (QED) is 0.495. The molecule has 24 heavy (non-hydrogen) atoms. The van der Waals surface area contributed by atoms with E-state index in [2.05, 4.69) is 10.0 Å². The molecule has 3 N–H and O–H groups in total. The monoisotopic (exact) mass is 358 g/mol. The van der Waals surface area contributed by atoms with Crippen LogP contribution in [0.3, 0.4) is 0 Å². The molecule has 0 aromatic heterocycles. The molecule has 0 aliphatic rings. The molecule has 0 aliphatic carbocycles. The lowest BCUT2D eigenvalue weighted by atomic mass is 10.1. The van der Waals surface area contributed by atoms with E-state index in [1.165, 1.54) is 18.2 Å². The molecule has 0 unspecified atom stereocenters. The first-order valence-corrected chi connectivity index (χ1v) is 9.59. The Kier molecular flexibility index (Phi) is 8.73. The van der Waals surface area contributed by atoms with Crippen LogP contribution in [0.15, 0.2) is 23.1 Å². The van der Waals surface area contributed by atoms with E-state index in [-0.39, 0.29) is 17.0 Å². The van der Waals surface area contributed by atoms with Crippen molar-refractivity contribution in [2.45, 2.75) is 38.0 Å². The molecule has 136 valence electrons. The summed E-state index contributed by atoms with van der Waals surface area (Å²) in [5.74, 6) is -1.16. The largest absolute Gasteiger partial charge is 0.478 e. The topological polar surface area (TPSA) is 105 Å². The Morgan fingerprint density at radius 2 is 1.96 bits per heavy atom. The average molecular weight is 358 g/mol. The Balaban J connectivity index is 2.83. The molecule has 0 radical (unpaired) electrons. The number of anilines is 1. The van der Waals surface area contributed by atoms with Gasteiger partial charge in [0.2, 0.25) is 10.0 Å². The van der Waals surface area contributed by atoms with E-state index < -0.39 is 16.0 Å². The highest BCUT2D eigenvalue weighted by atomic mass is 32.2. The normalized spacial score (nSPS) is 11.4. The van der Waals surface area contributed by atoms with Crippen molar-refractivity contribution in [3.05, 3.63) is 23.8 Å². The number of hydrogen-bond donors (Lipinski definition) is 3. The second kappa shape index (κ2) is 10.3. The number of benzene rings is 1. The van der Waals surface area contributed by atoms with Crippen molar-refractivity contribution >= 4 is 21.7 Å². The Hall–Kier alpha value is -1.64. The SMILES string of the molecule is CCCCNc1ccc(S(=O)(=O)NCCCOCC)cc1C(=O)O. The third-order valence-electron chi connectivity index (χ3n) is 3.34. The van der Waals surface area contributed by atoms with Crippen molar-refractivity contribution < 1.29 is 23.1 Å². The van der Waals surface area contributed by atoms with Crippen LogP contribution in [-0.4, -0.2) is 45.8 Å². The maximum atomic E-state index is 12.2. The van der Waals surface area contributed by atoms with Crippen molar-refractivity contribution in [1.82, 2.24) is 4.72 Å². The minimum absolute atomic E-state index is 0.0525. The predicted octanol–water partition coefficient (Wildman–Crippen LogP) is 2.30. The Bertz CT molecular complexity index is 631. The second-order valence-electron chi connectivity index (χ2n) is 5.24. The highest BCUT2D eigenvalue weighted by molar-refractivity contribution is 7.89. The van der Waals surface area contributed by atoms with Crippen LogP contribution < -0.4 is 10.0 Å². The minimum Gasteiger partial charge on any atom is -0.478 e. The molecule has 0 spiro atoms. The number of carboxylic acids is 1. The first-order valence-electron chi connectivity index (χ1n) is 8.11. The molecule has 0 atom stereocenters. The van der Waals surface area contributed by atoms with Gasteiger partial charge in [-0.25, -0.2) is 17.9 Å². The van der Waals surface area contributed by atoms with Gasteiger partial charge in [0.1, 0.15) is 0 Å². The smallest absolute Gasteiger partial charge is 0.337 e. The molecule has 1 aromatic rings. The van der Waals surface area contributed by atoms with Crippen LogP contribution in [-0.2, 0) is 14.8 Å². The Labute approximate surface area is 143 Å². The zero-order valence-corrected chi connectivity index (χ0v) is 15.0. The Morgan fingerprint density at radius 1 is 1.21 bits per heavy atom. The molecule has 0 amide bonds. The van der Waals surface area contributed by atoms with Crippen molar-refractivity contribution in [3.8, 4) is 0 Å². The number of ether oxygens (including phenoxy) is 1.